The fourth-order valence-corrected chi connectivity index (χ4v) is 2.34. The number of aryl methyl sites for hydroxylation is 1. The van der Waals surface area contributed by atoms with E-state index >= 15 is 0 Å². The van der Waals surface area contributed by atoms with Crippen molar-refractivity contribution >= 4 is 11.3 Å². The second kappa shape index (κ2) is 5.47. The molecule has 1 atom stereocenters. The molecule has 14 heavy (non-hydrogen) atoms. The van der Waals surface area contributed by atoms with Gasteiger partial charge in [0.15, 0.2) is 0 Å². The van der Waals surface area contributed by atoms with Crippen LogP contribution in [-0.4, -0.2) is 16.2 Å². The molecule has 2 nitrogen and oxygen atoms in total. The number of aliphatic hydroxyl groups is 1. The highest BCUT2D eigenvalue weighted by Gasteiger charge is 2.16. The molecule has 0 fully saturated rings. The van der Waals surface area contributed by atoms with Gasteiger partial charge in [-0.1, -0.05) is 26.7 Å². The number of hydrogen-bond donors (Lipinski definition) is 1. The fourth-order valence-electron chi connectivity index (χ4n) is 1.72. The van der Waals surface area contributed by atoms with Gasteiger partial charge in [0.05, 0.1) is 16.8 Å². The molecule has 1 rings (SSSR count). The van der Waals surface area contributed by atoms with Crippen molar-refractivity contribution in [2.75, 3.05) is 0 Å². The van der Waals surface area contributed by atoms with E-state index in [4.69, 9.17) is 0 Å². The van der Waals surface area contributed by atoms with Crippen LogP contribution in [0.3, 0.4) is 0 Å². The zero-order valence-electron chi connectivity index (χ0n) is 9.16. The number of hydrogen-bond acceptors (Lipinski definition) is 3. The van der Waals surface area contributed by atoms with Gasteiger partial charge in [0.1, 0.15) is 0 Å². The molecule has 3 heteroatoms. The minimum absolute atomic E-state index is 0.230. The van der Waals surface area contributed by atoms with Gasteiger partial charge >= 0.3 is 0 Å². The fraction of sp³-hybridized carbons (Fsp3) is 0.727. The quantitative estimate of drug-likeness (QED) is 0.816. The first-order chi connectivity index (χ1) is 6.67. The van der Waals surface area contributed by atoms with Crippen molar-refractivity contribution in [1.29, 1.82) is 0 Å². The normalized spacial score (nSPS) is 13.5. The highest BCUT2D eigenvalue weighted by molar-refractivity contribution is 7.09. The lowest BCUT2D eigenvalue weighted by atomic mass is 9.94. The van der Waals surface area contributed by atoms with E-state index < -0.39 is 0 Å². The lowest BCUT2D eigenvalue weighted by molar-refractivity contribution is 0.102. The lowest BCUT2D eigenvalue weighted by Gasteiger charge is -2.18. The van der Waals surface area contributed by atoms with Crippen LogP contribution in [0.4, 0.5) is 0 Å². The van der Waals surface area contributed by atoms with Gasteiger partial charge in [-0.15, -0.1) is 11.3 Å². The summed E-state index contributed by atoms with van der Waals surface area (Å²) >= 11 is 1.65. The van der Waals surface area contributed by atoms with E-state index in [0.29, 0.717) is 12.3 Å². The van der Waals surface area contributed by atoms with Gasteiger partial charge in [-0.3, -0.25) is 0 Å². The largest absolute Gasteiger partial charge is 0.392 e. The van der Waals surface area contributed by atoms with Gasteiger partial charge in [0, 0.05) is 11.8 Å². The number of thiazole rings is 1. The molecule has 0 aliphatic carbocycles. The zero-order valence-corrected chi connectivity index (χ0v) is 9.97. The Bertz CT molecular complexity index is 268. The van der Waals surface area contributed by atoms with E-state index in [2.05, 4.69) is 18.8 Å². The summed E-state index contributed by atoms with van der Waals surface area (Å²) in [5.74, 6) is 0.414. The Morgan fingerprint density at radius 2 is 2.07 bits per heavy atom. The second-order valence-corrected chi connectivity index (χ2v) is 4.77. The SMILES string of the molecule is CCC(CC)C(O)Cc1csc(C)n1. The van der Waals surface area contributed by atoms with E-state index in [1.807, 2.05) is 12.3 Å². The van der Waals surface area contributed by atoms with Crippen molar-refractivity contribution < 1.29 is 5.11 Å². The van der Waals surface area contributed by atoms with Crippen LogP contribution in [-0.2, 0) is 6.42 Å². The molecular weight excluding hydrogens is 194 g/mol. The molecule has 0 spiro atoms. The Kier molecular flexibility index (Phi) is 4.55. The standard InChI is InChI=1S/C11H19NOS/c1-4-9(5-2)11(13)6-10-7-14-8(3)12-10/h7,9,11,13H,4-6H2,1-3H3. The lowest BCUT2D eigenvalue weighted by Crippen LogP contribution is -2.21. The molecule has 0 aliphatic rings. The van der Waals surface area contributed by atoms with E-state index in [1.165, 1.54) is 0 Å². The van der Waals surface area contributed by atoms with Crippen LogP contribution in [0.1, 0.15) is 37.4 Å². The van der Waals surface area contributed by atoms with Gasteiger partial charge in [-0.2, -0.15) is 0 Å². The Hall–Kier alpha value is -0.410. The predicted octanol–water partition coefficient (Wildman–Crippen LogP) is 2.79. The number of nitrogens with zero attached hydrogens (tertiary/aromatic N) is 1. The average Bonchev–Trinajstić information content (AvgIpc) is 2.53. The third-order valence-electron chi connectivity index (χ3n) is 2.68. The van der Waals surface area contributed by atoms with Crippen LogP contribution < -0.4 is 0 Å². The molecule has 1 aromatic rings. The smallest absolute Gasteiger partial charge is 0.0897 e. The van der Waals surface area contributed by atoms with Crippen LogP contribution >= 0.6 is 11.3 Å². The maximum Gasteiger partial charge on any atom is 0.0897 e. The minimum Gasteiger partial charge on any atom is -0.392 e. The Morgan fingerprint density at radius 3 is 2.50 bits per heavy atom. The molecule has 0 aromatic carbocycles. The summed E-state index contributed by atoms with van der Waals surface area (Å²) in [6.45, 7) is 6.25. The topological polar surface area (TPSA) is 33.1 Å². The van der Waals surface area contributed by atoms with Gasteiger partial charge in [0.2, 0.25) is 0 Å². The maximum absolute atomic E-state index is 9.94. The molecule has 0 radical (unpaired) electrons. The first-order valence-electron chi connectivity index (χ1n) is 5.26. The number of rotatable bonds is 5. The van der Waals surface area contributed by atoms with Gasteiger partial charge in [-0.05, 0) is 12.8 Å². The van der Waals surface area contributed by atoms with Crippen LogP contribution in [0.2, 0.25) is 0 Å². The Labute approximate surface area is 90.0 Å². The van der Waals surface area contributed by atoms with E-state index in [-0.39, 0.29) is 6.10 Å². The summed E-state index contributed by atoms with van der Waals surface area (Å²) in [4.78, 5) is 4.36. The first-order valence-corrected chi connectivity index (χ1v) is 6.14. The van der Waals surface area contributed by atoms with Gasteiger partial charge < -0.3 is 5.11 Å². The van der Waals surface area contributed by atoms with Gasteiger partial charge in [-0.25, -0.2) is 4.98 Å². The van der Waals surface area contributed by atoms with Crippen molar-refractivity contribution in [3.05, 3.63) is 16.1 Å². The molecule has 0 bridgehead atoms. The molecule has 0 saturated carbocycles. The molecule has 0 saturated heterocycles. The summed E-state index contributed by atoms with van der Waals surface area (Å²) in [5, 5.41) is 13.1. The van der Waals surface area contributed by atoms with Crippen molar-refractivity contribution in [2.45, 2.75) is 46.1 Å². The molecule has 80 valence electrons. The van der Waals surface area contributed by atoms with Crippen LogP contribution in [0.15, 0.2) is 5.38 Å². The van der Waals surface area contributed by atoms with Crippen molar-refractivity contribution in [3.8, 4) is 0 Å². The number of aromatic nitrogens is 1. The van der Waals surface area contributed by atoms with E-state index in [0.717, 1.165) is 23.5 Å². The van der Waals surface area contributed by atoms with Crippen molar-refractivity contribution in [2.24, 2.45) is 5.92 Å². The first kappa shape index (κ1) is 11.7. The minimum atomic E-state index is -0.230. The molecule has 0 aliphatic heterocycles. The Morgan fingerprint density at radius 1 is 1.43 bits per heavy atom. The van der Waals surface area contributed by atoms with Crippen LogP contribution in [0.25, 0.3) is 0 Å². The predicted molar refractivity (Wildman–Crippen MR) is 60.6 cm³/mol. The highest BCUT2D eigenvalue weighted by atomic mass is 32.1. The molecule has 1 heterocycles. The average molecular weight is 213 g/mol. The molecule has 1 aromatic heterocycles. The van der Waals surface area contributed by atoms with Crippen molar-refractivity contribution in [3.63, 3.8) is 0 Å². The van der Waals surface area contributed by atoms with Crippen LogP contribution in [0.5, 0.6) is 0 Å². The third-order valence-corrected chi connectivity index (χ3v) is 3.50. The summed E-state index contributed by atoms with van der Waals surface area (Å²) in [6, 6.07) is 0. The molecule has 1 N–H and O–H groups in total. The molecule has 0 amide bonds. The second-order valence-electron chi connectivity index (χ2n) is 3.71. The third kappa shape index (κ3) is 3.07. The number of aliphatic hydroxyl groups excluding tert-OH is 1. The molecular formula is C11H19NOS. The van der Waals surface area contributed by atoms with E-state index in [9.17, 15) is 5.11 Å². The van der Waals surface area contributed by atoms with Crippen molar-refractivity contribution in [1.82, 2.24) is 4.98 Å². The van der Waals surface area contributed by atoms with Crippen LogP contribution in [0, 0.1) is 12.8 Å². The summed E-state index contributed by atoms with van der Waals surface area (Å²) < 4.78 is 0. The maximum atomic E-state index is 9.94. The zero-order chi connectivity index (χ0) is 10.6. The van der Waals surface area contributed by atoms with Gasteiger partial charge in [0.25, 0.3) is 0 Å². The highest BCUT2D eigenvalue weighted by Crippen LogP contribution is 2.18. The monoisotopic (exact) mass is 213 g/mol. The summed E-state index contributed by atoms with van der Waals surface area (Å²) in [6.07, 6.45) is 2.56. The summed E-state index contributed by atoms with van der Waals surface area (Å²) in [7, 11) is 0. The Balaban J connectivity index is 2.51. The summed E-state index contributed by atoms with van der Waals surface area (Å²) in [5.41, 5.74) is 1.03. The molecule has 1 unspecified atom stereocenters. The van der Waals surface area contributed by atoms with E-state index in [1.54, 1.807) is 11.3 Å².